The zero-order chi connectivity index (χ0) is 14.1. The lowest BCUT2D eigenvalue weighted by Gasteiger charge is -1.99. The lowest BCUT2D eigenvalue weighted by molar-refractivity contribution is 0.363. The van der Waals surface area contributed by atoms with Crippen molar-refractivity contribution in [1.82, 2.24) is 15.1 Å². The predicted molar refractivity (Wildman–Crippen MR) is 76.4 cm³/mol. The van der Waals surface area contributed by atoms with Gasteiger partial charge in [0.05, 0.1) is 5.56 Å². The van der Waals surface area contributed by atoms with Crippen LogP contribution in [0.1, 0.15) is 19.7 Å². The van der Waals surface area contributed by atoms with Crippen molar-refractivity contribution >= 4 is 10.9 Å². The number of nitrogens with one attached hydrogen (secondary N) is 1. The molecule has 0 saturated carbocycles. The number of nitrogens with zero attached hydrogens (tertiary/aromatic N) is 2. The number of hydrogen-bond donors (Lipinski definition) is 1. The van der Waals surface area contributed by atoms with Crippen molar-refractivity contribution < 1.29 is 4.52 Å². The summed E-state index contributed by atoms with van der Waals surface area (Å²) in [6.07, 6.45) is 0.707. The Morgan fingerprint density at radius 2 is 2.10 bits per heavy atom. The average molecular weight is 269 g/mol. The van der Waals surface area contributed by atoms with Gasteiger partial charge in [0.25, 0.3) is 5.56 Å². The van der Waals surface area contributed by atoms with Crippen molar-refractivity contribution in [3.8, 4) is 11.4 Å². The Kier molecular flexibility index (Phi) is 3.10. The topological polar surface area (TPSA) is 71.8 Å². The first-order chi connectivity index (χ1) is 9.63. The zero-order valence-electron chi connectivity index (χ0n) is 11.4. The standard InChI is InChI=1S/C15H15N3O2/c1-9(2)7-13-17-14(18-20-13)11-8-10-5-3-4-6-12(10)16-15(11)19/h3-6,8-9H,7H2,1-2H3,(H,16,19). The molecule has 0 unspecified atom stereocenters. The van der Waals surface area contributed by atoms with Gasteiger partial charge in [-0.2, -0.15) is 4.98 Å². The van der Waals surface area contributed by atoms with Crippen LogP contribution in [0.3, 0.4) is 0 Å². The second-order valence-electron chi connectivity index (χ2n) is 5.21. The number of pyridine rings is 1. The van der Waals surface area contributed by atoms with Gasteiger partial charge in [-0.15, -0.1) is 0 Å². The summed E-state index contributed by atoms with van der Waals surface area (Å²) in [6, 6.07) is 9.39. The second kappa shape index (κ2) is 4.92. The Hall–Kier alpha value is -2.43. The third kappa shape index (κ3) is 2.34. The lowest BCUT2D eigenvalue weighted by Crippen LogP contribution is -2.09. The molecule has 3 rings (SSSR count). The first-order valence-electron chi connectivity index (χ1n) is 6.58. The molecule has 0 saturated heterocycles. The van der Waals surface area contributed by atoms with Crippen molar-refractivity contribution in [3.05, 3.63) is 46.6 Å². The number of hydrogen-bond acceptors (Lipinski definition) is 4. The Labute approximate surface area is 115 Å². The van der Waals surface area contributed by atoms with Crippen LogP contribution in [0.15, 0.2) is 39.6 Å². The second-order valence-corrected chi connectivity index (χ2v) is 5.21. The molecule has 2 heterocycles. The Bertz CT molecular complexity index is 802. The van der Waals surface area contributed by atoms with E-state index in [1.54, 1.807) is 6.07 Å². The van der Waals surface area contributed by atoms with Crippen LogP contribution in [0.4, 0.5) is 0 Å². The summed E-state index contributed by atoms with van der Waals surface area (Å²) in [5.41, 5.74) is 1.02. The van der Waals surface area contributed by atoms with Crippen LogP contribution in [-0.2, 0) is 6.42 Å². The highest BCUT2D eigenvalue weighted by atomic mass is 16.5. The Morgan fingerprint density at radius 3 is 2.90 bits per heavy atom. The molecule has 0 spiro atoms. The molecule has 0 radical (unpaired) electrons. The molecule has 0 aliphatic carbocycles. The molecule has 0 atom stereocenters. The third-order valence-corrected chi connectivity index (χ3v) is 3.05. The van der Waals surface area contributed by atoms with E-state index in [0.717, 1.165) is 10.9 Å². The van der Waals surface area contributed by atoms with Crippen molar-refractivity contribution in [2.75, 3.05) is 0 Å². The highest BCUT2D eigenvalue weighted by Gasteiger charge is 2.13. The van der Waals surface area contributed by atoms with Crippen LogP contribution in [0.2, 0.25) is 0 Å². The van der Waals surface area contributed by atoms with Crippen LogP contribution in [0, 0.1) is 5.92 Å². The molecule has 0 bridgehead atoms. The molecule has 0 aliphatic heterocycles. The summed E-state index contributed by atoms with van der Waals surface area (Å²) in [6.45, 7) is 4.15. The molecule has 1 N–H and O–H groups in total. The van der Waals surface area contributed by atoms with Crippen molar-refractivity contribution in [1.29, 1.82) is 0 Å². The van der Waals surface area contributed by atoms with E-state index in [-0.39, 0.29) is 5.56 Å². The fraction of sp³-hybridized carbons (Fsp3) is 0.267. The summed E-state index contributed by atoms with van der Waals surface area (Å²) in [5.74, 6) is 1.33. The molecular formula is C15H15N3O2. The predicted octanol–water partition coefficient (Wildman–Crippen LogP) is 2.78. The first kappa shape index (κ1) is 12.6. The van der Waals surface area contributed by atoms with Crippen molar-refractivity contribution in [2.24, 2.45) is 5.92 Å². The number of H-pyrrole nitrogens is 1. The molecule has 1 aromatic carbocycles. The number of aromatic nitrogens is 3. The quantitative estimate of drug-likeness (QED) is 0.793. The lowest BCUT2D eigenvalue weighted by atomic mass is 10.1. The van der Waals surface area contributed by atoms with Gasteiger partial charge in [-0.05, 0) is 23.4 Å². The van der Waals surface area contributed by atoms with Crippen LogP contribution in [0.5, 0.6) is 0 Å². The maximum absolute atomic E-state index is 12.1. The van der Waals surface area contributed by atoms with Crippen LogP contribution in [-0.4, -0.2) is 15.1 Å². The molecule has 0 aliphatic rings. The first-order valence-corrected chi connectivity index (χ1v) is 6.58. The molecule has 0 fully saturated rings. The van der Waals surface area contributed by atoms with Gasteiger partial charge in [-0.3, -0.25) is 4.79 Å². The fourth-order valence-corrected chi connectivity index (χ4v) is 2.11. The van der Waals surface area contributed by atoms with Gasteiger partial charge in [-0.25, -0.2) is 0 Å². The van der Waals surface area contributed by atoms with Crippen LogP contribution >= 0.6 is 0 Å². The van der Waals surface area contributed by atoms with E-state index in [9.17, 15) is 4.79 Å². The molecule has 5 heteroatoms. The summed E-state index contributed by atoms with van der Waals surface area (Å²) < 4.78 is 5.18. The number of aromatic amines is 1. The molecular weight excluding hydrogens is 254 g/mol. The molecule has 102 valence electrons. The number of fused-ring (bicyclic) bond motifs is 1. The van der Waals surface area contributed by atoms with E-state index in [1.165, 1.54) is 0 Å². The minimum absolute atomic E-state index is 0.208. The molecule has 0 amide bonds. The highest BCUT2D eigenvalue weighted by molar-refractivity contribution is 5.82. The van der Waals surface area contributed by atoms with E-state index < -0.39 is 0 Å². The minimum Gasteiger partial charge on any atom is -0.339 e. The van der Waals surface area contributed by atoms with E-state index >= 15 is 0 Å². The van der Waals surface area contributed by atoms with Crippen molar-refractivity contribution in [3.63, 3.8) is 0 Å². The Morgan fingerprint density at radius 1 is 1.30 bits per heavy atom. The van der Waals surface area contributed by atoms with E-state index in [4.69, 9.17) is 4.52 Å². The fourth-order valence-electron chi connectivity index (χ4n) is 2.11. The van der Waals surface area contributed by atoms with Gasteiger partial charge in [0, 0.05) is 11.9 Å². The highest BCUT2D eigenvalue weighted by Crippen LogP contribution is 2.17. The Balaban J connectivity index is 2.07. The van der Waals surface area contributed by atoms with Gasteiger partial charge >= 0.3 is 0 Å². The molecule has 3 aromatic rings. The van der Waals surface area contributed by atoms with Crippen molar-refractivity contribution in [2.45, 2.75) is 20.3 Å². The molecule has 20 heavy (non-hydrogen) atoms. The summed E-state index contributed by atoms with van der Waals surface area (Å²) >= 11 is 0. The SMILES string of the molecule is CC(C)Cc1nc(-c2cc3ccccc3[nH]c2=O)no1. The molecule has 2 aromatic heterocycles. The zero-order valence-corrected chi connectivity index (χ0v) is 11.4. The van der Waals surface area contributed by atoms with E-state index in [2.05, 4.69) is 29.0 Å². The van der Waals surface area contributed by atoms with Gasteiger partial charge in [0.1, 0.15) is 0 Å². The number of rotatable bonds is 3. The number of para-hydroxylation sites is 1. The molecule has 5 nitrogen and oxygen atoms in total. The summed E-state index contributed by atoms with van der Waals surface area (Å²) in [7, 11) is 0. The summed E-state index contributed by atoms with van der Waals surface area (Å²) in [4.78, 5) is 19.2. The van der Waals surface area contributed by atoms with Gasteiger partial charge in [0.2, 0.25) is 11.7 Å². The van der Waals surface area contributed by atoms with Gasteiger partial charge in [-0.1, -0.05) is 37.2 Å². The minimum atomic E-state index is -0.208. The number of benzene rings is 1. The van der Waals surface area contributed by atoms with Gasteiger partial charge in [0.15, 0.2) is 0 Å². The maximum atomic E-state index is 12.1. The van der Waals surface area contributed by atoms with Gasteiger partial charge < -0.3 is 9.51 Å². The third-order valence-electron chi connectivity index (χ3n) is 3.05. The normalized spacial score (nSPS) is 11.3. The van der Waals surface area contributed by atoms with Crippen LogP contribution in [0.25, 0.3) is 22.3 Å². The average Bonchev–Trinajstić information content (AvgIpc) is 2.85. The summed E-state index contributed by atoms with van der Waals surface area (Å²) in [5, 5.41) is 4.84. The van der Waals surface area contributed by atoms with E-state index in [1.807, 2.05) is 24.3 Å². The van der Waals surface area contributed by atoms with E-state index in [0.29, 0.717) is 29.6 Å². The maximum Gasteiger partial charge on any atom is 0.259 e. The van der Waals surface area contributed by atoms with Crippen LogP contribution < -0.4 is 5.56 Å². The largest absolute Gasteiger partial charge is 0.339 e. The monoisotopic (exact) mass is 269 g/mol. The smallest absolute Gasteiger partial charge is 0.259 e.